The molecule has 2 rings (SSSR count). The summed E-state index contributed by atoms with van der Waals surface area (Å²) in [7, 11) is 0. The quantitative estimate of drug-likeness (QED) is 0.722. The lowest BCUT2D eigenvalue weighted by Gasteiger charge is -2.28. The molecule has 1 heterocycles. The molecule has 0 aliphatic carbocycles. The van der Waals surface area contributed by atoms with E-state index in [0.29, 0.717) is 17.3 Å². The van der Waals surface area contributed by atoms with Gasteiger partial charge in [0.1, 0.15) is 19.8 Å². The fourth-order valence-corrected chi connectivity index (χ4v) is 2.90. The molecule has 0 saturated carbocycles. The van der Waals surface area contributed by atoms with Gasteiger partial charge >= 0.3 is 6.03 Å². The van der Waals surface area contributed by atoms with Crippen molar-refractivity contribution in [1.82, 2.24) is 15.1 Å². The third kappa shape index (κ3) is 5.60. The van der Waals surface area contributed by atoms with E-state index in [1.807, 2.05) is 20.8 Å². The smallest absolute Gasteiger partial charge is 0.318 e. The van der Waals surface area contributed by atoms with Gasteiger partial charge in [0, 0.05) is 23.3 Å². The van der Waals surface area contributed by atoms with Crippen LogP contribution in [0.3, 0.4) is 0 Å². The second kappa shape index (κ2) is 9.60. The van der Waals surface area contributed by atoms with Gasteiger partial charge in [-0.05, 0) is 44.5 Å². The molecule has 148 valence electrons. The standard InChI is InChI=1S/C19H27ClN4O3/c1-4-5-10-21-19(27)23(14(2)3)12-17(25)22-11-18(26)24(13-22)16-8-6-15(20)7-9-16/h6-9,14H,4-5,10-13H2,1-3H3,(H,21,27). The van der Waals surface area contributed by atoms with E-state index < -0.39 is 0 Å². The van der Waals surface area contributed by atoms with E-state index in [4.69, 9.17) is 11.6 Å². The summed E-state index contributed by atoms with van der Waals surface area (Å²) in [5, 5.41) is 3.42. The van der Waals surface area contributed by atoms with Crippen LogP contribution < -0.4 is 10.2 Å². The highest BCUT2D eigenvalue weighted by Crippen LogP contribution is 2.22. The highest BCUT2D eigenvalue weighted by molar-refractivity contribution is 6.30. The number of amides is 4. The molecule has 1 aromatic rings. The first kappa shape index (κ1) is 21.0. The lowest BCUT2D eigenvalue weighted by molar-refractivity contribution is -0.132. The monoisotopic (exact) mass is 394 g/mol. The van der Waals surface area contributed by atoms with Crippen LogP contribution in [0.4, 0.5) is 10.5 Å². The highest BCUT2D eigenvalue weighted by Gasteiger charge is 2.33. The molecular formula is C19H27ClN4O3. The van der Waals surface area contributed by atoms with Gasteiger partial charge in [0.05, 0.1) is 0 Å². The Morgan fingerprint density at radius 2 is 1.93 bits per heavy atom. The number of hydrogen-bond acceptors (Lipinski definition) is 3. The van der Waals surface area contributed by atoms with Gasteiger partial charge in [-0.25, -0.2) is 4.79 Å². The first-order valence-electron chi connectivity index (χ1n) is 9.21. The molecule has 1 aliphatic rings. The zero-order valence-corrected chi connectivity index (χ0v) is 16.8. The fourth-order valence-electron chi connectivity index (χ4n) is 2.77. The van der Waals surface area contributed by atoms with Crippen LogP contribution in [-0.2, 0) is 9.59 Å². The van der Waals surface area contributed by atoms with Gasteiger partial charge in [-0.2, -0.15) is 0 Å². The van der Waals surface area contributed by atoms with Crippen molar-refractivity contribution in [2.24, 2.45) is 0 Å². The number of nitrogens with one attached hydrogen (secondary N) is 1. The van der Waals surface area contributed by atoms with Crippen LogP contribution in [0, 0.1) is 0 Å². The van der Waals surface area contributed by atoms with Crippen LogP contribution in [0.5, 0.6) is 0 Å². The summed E-state index contributed by atoms with van der Waals surface area (Å²) in [6.07, 6.45) is 1.87. The molecule has 1 aliphatic heterocycles. The van der Waals surface area contributed by atoms with Gasteiger partial charge in [0.25, 0.3) is 0 Å². The Hall–Kier alpha value is -2.28. The minimum absolute atomic E-state index is 0.00481. The average Bonchev–Trinajstić information content (AvgIpc) is 3.02. The third-order valence-electron chi connectivity index (χ3n) is 4.43. The maximum Gasteiger partial charge on any atom is 0.318 e. The van der Waals surface area contributed by atoms with Crippen molar-refractivity contribution in [3.63, 3.8) is 0 Å². The van der Waals surface area contributed by atoms with Gasteiger partial charge in [-0.3, -0.25) is 14.5 Å². The molecule has 27 heavy (non-hydrogen) atoms. The van der Waals surface area contributed by atoms with Crippen molar-refractivity contribution in [2.75, 3.05) is 31.2 Å². The molecule has 0 spiro atoms. The van der Waals surface area contributed by atoms with Crippen molar-refractivity contribution in [3.05, 3.63) is 29.3 Å². The Morgan fingerprint density at radius 3 is 2.52 bits per heavy atom. The molecule has 0 radical (unpaired) electrons. The Balaban J connectivity index is 1.98. The molecule has 1 saturated heterocycles. The van der Waals surface area contributed by atoms with Crippen LogP contribution >= 0.6 is 11.6 Å². The lowest BCUT2D eigenvalue weighted by atomic mass is 10.3. The van der Waals surface area contributed by atoms with Crippen molar-refractivity contribution >= 4 is 35.1 Å². The zero-order valence-electron chi connectivity index (χ0n) is 16.1. The van der Waals surface area contributed by atoms with E-state index in [9.17, 15) is 14.4 Å². The Kier molecular flexibility index (Phi) is 7.47. The summed E-state index contributed by atoms with van der Waals surface area (Å²) in [6.45, 7) is 6.47. The minimum Gasteiger partial charge on any atom is -0.338 e. The number of halogens is 1. The summed E-state index contributed by atoms with van der Waals surface area (Å²) in [5.41, 5.74) is 0.692. The third-order valence-corrected chi connectivity index (χ3v) is 4.68. The van der Waals surface area contributed by atoms with Crippen molar-refractivity contribution in [3.8, 4) is 0 Å². The number of benzene rings is 1. The van der Waals surface area contributed by atoms with Crippen molar-refractivity contribution in [1.29, 1.82) is 0 Å². The van der Waals surface area contributed by atoms with E-state index in [2.05, 4.69) is 5.32 Å². The number of carbonyl (C=O) groups is 3. The molecule has 0 aromatic heterocycles. The summed E-state index contributed by atoms with van der Waals surface area (Å²) in [4.78, 5) is 41.8. The summed E-state index contributed by atoms with van der Waals surface area (Å²) >= 11 is 5.88. The van der Waals surface area contributed by atoms with Gasteiger partial charge in [0.15, 0.2) is 0 Å². The Morgan fingerprint density at radius 1 is 1.26 bits per heavy atom. The molecule has 7 nitrogen and oxygen atoms in total. The van der Waals surface area contributed by atoms with Crippen molar-refractivity contribution in [2.45, 2.75) is 39.7 Å². The van der Waals surface area contributed by atoms with E-state index in [0.717, 1.165) is 12.8 Å². The Labute approximate surface area is 165 Å². The number of anilines is 1. The van der Waals surface area contributed by atoms with E-state index in [1.54, 1.807) is 24.3 Å². The maximum atomic E-state index is 12.7. The van der Waals surface area contributed by atoms with Crippen LogP contribution in [-0.4, -0.2) is 60.0 Å². The van der Waals surface area contributed by atoms with E-state index in [-0.39, 0.29) is 43.6 Å². The van der Waals surface area contributed by atoms with Gasteiger partial charge in [-0.1, -0.05) is 24.9 Å². The molecule has 8 heteroatoms. The van der Waals surface area contributed by atoms with Crippen LogP contribution in [0.1, 0.15) is 33.6 Å². The molecule has 1 N–H and O–H groups in total. The molecule has 1 aromatic carbocycles. The van der Waals surface area contributed by atoms with Gasteiger partial charge < -0.3 is 15.1 Å². The summed E-state index contributed by atoms with van der Waals surface area (Å²) in [6, 6.07) is 6.52. The maximum absolute atomic E-state index is 12.7. The number of nitrogens with zero attached hydrogens (tertiary/aromatic N) is 3. The summed E-state index contributed by atoms with van der Waals surface area (Å²) in [5.74, 6) is -0.409. The Bertz CT molecular complexity index is 678. The summed E-state index contributed by atoms with van der Waals surface area (Å²) < 4.78 is 0. The largest absolute Gasteiger partial charge is 0.338 e. The van der Waals surface area contributed by atoms with Crippen LogP contribution in [0.2, 0.25) is 5.02 Å². The molecule has 4 amide bonds. The molecule has 0 atom stereocenters. The second-order valence-electron chi connectivity index (χ2n) is 6.84. The molecule has 0 bridgehead atoms. The van der Waals surface area contributed by atoms with E-state index in [1.165, 1.54) is 14.7 Å². The molecule has 0 unspecified atom stereocenters. The SMILES string of the molecule is CCCCNC(=O)N(CC(=O)N1CC(=O)N(c2ccc(Cl)cc2)C1)C(C)C. The highest BCUT2D eigenvalue weighted by atomic mass is 35.5. The predicted octanol–water partition coefficient (Wildman–Crippen LogP) is 2.69. The molecular weight excluding hydrogens is 368 g/mol. The number of urea groups is 1. The first-order valence-corrected chi connectivity index (χ1v) is 9.59. The lowest BCUT2D eigenvalue weighted by Crippen LogP contribution is -2.49. The predicted molar refractivity (Wildman–Crippen MR) is 106 cm³/mol. The average molecular weight is 395 g/mol. The number of hydrogen-bond donors (Lipinski definition) is 1. The zero-order chi connectivity index (χ0) is 20.0. The van der Waals surface area contributed by atoms with Crippen molar-refractivity contribution < 1.29 is 14.4 Å². The molecule has 1 fully saturated rings. The number of unbranched alkanes of at least 4 members (excludes halogenated alkanes) is 1. The topological polar surface area (TPSA) is 73.0 Å². The fraction of sp³-hybridized carbons (Fsp3) is 0.526. The normalized spacial score (nSPS) is 14.0. The number of carbonyl (C=O) groups excluding carboxylic acids is 3. The van der Waals surface area contributed by atoms with Crippen LogP contribution in [0.15, 0.2) is 24.3 Å². The first-order chi connectivity index (χ1) is 12.8. The van der Waals surface area contributed by atoms with Gasteiger partial charge in [0.2, 0.25) is 11.8 Å². The second-order valence-corrected chi connectivity index (χ2v) is 7.27. The van der Waals surface area contributed by atoms with Gasteiger partial charge in [-0.15, -0.1) is 0 Å². The minimum atomic E-state index is -0.258. The van der Waals surface area contributed by atoms with Crippen LogP contribution in [0.25, 0.3) is 0 Å². The number of rotatable bonds is 7. The van der Waals surface area contributed by atoms with E-state index >= 15 is 0 Å².